The van der Waals surface area contributed by atoms with Gasteiger partial charge in [0.05, 0.1) is 15.6 Å². The van der Waals surface area contributed by atoms with Gasteiger partial charge < -0.3 is 5.11 Å². The summed E-state index contributed by atoms with van der Waals surface area (Å²) in [4.78, 5) is 0.980. The average Bonchev–Trinajstić information content (AvgIpc) is 2.30. The predicted octanol–water partition coefficient (Wildman–Crippen LogP) is 1.46. The van der Waals surface area contributed by atoms with Gasteiger partial charge in [0.25, 0.3) is 0 Å². The van der Waals surface area contributed by atoms with Gasteiger partial charge in [-0.3, -0.25) is 0 Å². The molecule has 0 aromatic carbocycles. The number of aliphatic hydroxyl groups is 1. The van der Waals surface area contributed by atoms with Crippen molar-refractivity contribution in [2.75, 3.05) is 12.0 Å². The normalized spacial score (nSPS) is 14.2. The van der Waals surface area contributed by atoms with E-state index in [1.165, 1.54) is 11.3 Å². The molecule has 1 atom stereocenters. The van der Waals surface area contributed by atoms with E-state index < -0.39 is 15.9 Å². The standard InChI is InChI=1S/C8H11BrO3S2/c1-14(11,12)5-6(10)4-7-2-3-8(9)13-7/h2-3,6,10H,4-5H2,1H3. The van der Waals surface area contributed by atoms with Gasteiger partial charge >= 0.3 is 0 Å². The quantitative estimate of drug-likeness (QED) is 0.916. The number of aliphatic hydroxyl groups excluding tert-OH is 1. The summed E-state index contributed by atoms with van der Waals surface area (Å²) in [5.74, 6) is -0.178. The van der Waals surface area contributed by atoms with Gasteiger partial charge in [-0.15, -0.1) is 11.3 Å². The molecular weight excluding hydrogens is 288 g/mol. The Labute approximate surface area is 95.8 Å². The van der Waals surface area contributed by atoms with Gasteiger partial charge in [0, 0.05) is 17.6 Å². The lowest BCUT2D eigenvalue weighted by Gasteiger charge is -2.06. The van der Waals surface area contributed by atoms with Crippen molar-refractivity contribution in [1.82, 2.24) is 0 Å². The zero-order chi connectivity index (χ0) is 10.8. The van der Waals surface area contributed by atoms with Crippen molar-refractivity contribution in [3.05, 3.63) is 20.8 Å². The smallest absolute Gasteiger partial charge is 0.150 e. The first-order valence-corrected chi connectivity index (χ1v) is 7.64. The molecule has 3 nitrogen and oxygen atoms in total. The Bertz CT molecular complexity index is 396. The highest BCUT2D eigenvalue weighted by Crippen LogP contribution is 2.23. The van der Waals surface area contributed by atoms with Crippen molar-refractivity contribution >= 4 is 37.1 Å². The summed E-state index contributed by atoms with van der Waals surface area (Å²) in [6.45, 7) is 0. The summed E-state index contributed by atoms with van der Waals surface area (Å²) in [5.41, 5.74) is 0. The number of sulfone groups is 1. The van der Waals surface area contributed by atoms with Gasteiger partial charge in [-0.25, -0.2) is 8.42 Å². The molecule has 0 saturated heterocycles. The van der Waals surface area contributed by atoms with Crippen LogP contribution in [0.4, 0.5) is 0 Å². The third-order valence-corrected chi connectivity index (χ3v) is 4.20. The van der Waals surface area contributed by atoms with Crippen molar-refractivity contribution in [2.24, 2.45) is 0 Å². The Kier molecular flexibility index (Phi) is 4.12. The lowest BCUT2D eigenvalue weighted by atomic mass is 10.2. The molecule has 1 N–H and O–H groups in total. The first-order chi connectivity index (χ1) is 6.37. The minimum absolute atomic E-state index is 0.178. The lowest BCUT2D eigenvalue weighted by Crippen LogP contribution is -2.21. The molecule has 80 valence electrons. The second kappa shape index (κ2) is 4.74. The van der Waals surface area contributed by atoms with Gasteiger partial charge in [0.2, 0.25) is 0 Å². The Hall–Kier alpha value is 0.0900. The number of thiophene rings is 1. The van der Waals surface area contributed by atoms with E-state index in [9.17, 15) is 13.5 Å². The molecule has 1 aromatic heterocycles. The molecular formula is C8H11BrO3S2. The van der Waals surface area contributed by atoms with Gasteiger partial charge in [-0.1, -0.05) is 0 Å². The number of rotatable bonds is 4. The summed E-state index contributed by atoms with van der Waals surface area (Å²) in [6.07, 6.45) is 0.708. The van der Waals surface area contributed by atoms with Crippen molar-refractivity contribution in [3.8, 4) is 0 Å². The summed E-state index contributed by atoms with van der Waals surface area (Å²) >= 11 is 4.81. The van der Waals surface area contributed by atoms with Crippen LogP contribution in [0.3, 0.4) is 0 Å². The fourth-order valence-corrected chi connectivity index (χ4v) is 3.47. The van der Waals surface area contributed by atoms with Crippen LogP contribution in [0, 0.1) is 0 Å². The van der Waals surface area contributed by atoms with Crippen LogP contribution in [0.5, 0.6) is 0 Å². The highest BCUT2D eigenvalue weighted by molar-refractivity contribution is 9.11. The first kappa shape index (κ1) is 12.2. The maximum atomic E-state index is 10.9. The number of halogens is 1. The van der Waals surface area contributed by atoms with E-state index >= 15 is 0 Å². The van der Waals surface area contributed by atoms with Crippen LogP contribution in [0.1, 0.15) is 4.88 Å². The molecule has 0 amide bonds. The molecule has 1 heterocycles. The van der Waals surface area contributed by atoms with Gasteiger partial charge in [0.1, 0.15) is 9.84 Å². The molecule has 0 radical (unpaired) electrons. The molecule has 0 fully saturated rings. The minimum atomic E-state index is -3.09. The topological polar surface area (TPSA) is 54.4 Å². The highest BCUT2D eigenvalue weighted by atomic mass is 79.9. The largest absolute Gasteiger partial charge is 0.392 e. The molecule has 1 rings (SSSR count). The molecule has 0 saturated carbocycles. The second-order valence-electron chi connectivity index (χ2n) is 3.16. The third kappa shape index (κ3) is 4.54. The summed E-state index contributed by atoms with van der Waals surface area (Å²) in [5, 5.41) is 9.46. The van der Waals surface area contributed by atoms with Crippen molar-refractivity contribution in [3.63, 3.8) is 0 Å². The summed E-state index contributed by atoms with van der Waals surface area (Å²) in [6, 6.07) is 3.76. The van der Waals surface area contributed by atoms with E-state index in [4.69, 9.17) is 0 Å². The van der Waals surface area contributed by atoms with Crippen LogP contribution in [-0.4, -0.2) is 31.6 Å². The molecule has 0 aliphatic rings. The Morgan fingerprint density at radius 2 is 2.21 bits per heavy atom. The zero-order valence-electron chi connectivity index (χ0n) is 7.60. The van der Waals surface area contributed by atoms with Gasteiger partial charge in [0.15, 0.2) is 0 Å². The monoisotopic (exact) mass is 298 g/mol. The van der Waals surface area contributed by atoms with Crippen molar-refractivity contribution < 1.29 is 13.5 Å². The van der Waals surface area contributed by atoms with Gasteiger partial charge in [-0.05, 0) is 28.1 Å². The van der Waals surface area contributed by atoms with Crippen molar-refractivity contribution in [2.45, 2.75) is 12.5 Å². The van der Waals surface area contributed by atoms with Crippen molar-refractivity contribution in [1.29, 1.82) is 0 Å². The van der Waals surface area contributed by atoms with E-state index in [-0.39, 0.29) is 5.75 Å². The maximum Gasteiger partial charge on any atom is 0.150 e. The Morgan fingerprint density at radius 1 is 1.57 bits per heavy atom. The molecule has 0 spiro atoms. The first-order valence-electron chi connectivity index (χ1n) is 3.97. The predicted molar refractivity (Wildman–Crippen MR) is 61.4 cm³/mol. The molecule has 0 bridgehead atoms. The second-order valence-corrected chi connectivity index (χ2v) is 7.89. The van der Waals surface area contributed by atoms with E-state index in [1.807, 2.05) is 12.1 Å². The molecule has 14 heavy (non-hydrogen) atoms. The molecule has 1 aromatic rings. The van der Waals surface area contributed by atoms with Crippen LogP contribution in [0.25, 0.3) is 0 Å². The van der Waals surface area contributed by atoms with E-state index in [1.54, 1.807) is 0 Å². The molecule has 0 aliphatic heterocycles. The van der Waals surface area contributed by atoms with Crippen LogP contribution in [0.2, 0.25) is 0 Å². The van der Waals surface area contributed by atoms with Gasteiger partial charge in [-0.2, -0.15) is 0 Å². The fraction of sp³-hybridized carbons (Fsp3) is 0.500. The average molecular weight is 299 g/mol. The maximum absolute atomic E-state index is 10.9. The molecule has 0 aliphatic carbocycles. The number of hydrogen-bond acceptors (Lipinski definition) is 4. The zero-order valence-corrected chi connectivity index (χ0v) is 10.8. The van der Waals surface area contributed by atoms with E-state index in [2.05, 4.69) is 15.9 Å². The van der Waals surface area contributed by atoms with Crippen LogP contribution in [0.15, 0.2) is 15.9 Å². The summed E-state index contributed by atoms with van der Waals surface area (Å²) < 4.78 is 22.7. The SMILES string of the molecule is CS(=O)(=O)CC(O)Cc1ccc(Br)s1. The highest BCUT2D eigenvalue weighted by Gasteiger charge is 2.13. The van der Waals surface area contributed by atoms with Crippen LogP contribution < -0.4 is 0 Å². The molecule has 6 heteroatoms. The molecule has 1 unspecified atom stereocenters. The number of hydrogen-bond donors (Lipinski definition) is 1. The third-order valence-electron chi connectivity index (χ3n) is 1.56. The fourth-order valence-electron chi connectivity index (χ4n) is 1.10. The minimum Gasteiger partial charge on any atom is -0.392 e. The lowest BCUT2D eigenvalue weighted by molar-refractivity contribution is 0.199. The van der Waals surface area contributed by atoms with Crippen LogP contribution in [-0.2, 0) is 16.3 Å². The van der Waals surface area contributed by atoms with Crippen LogP contribution >= 0.6 is 27.3 Å². The Morgan fingerprint density at radius 3 is 2.64 bits per heavy atom. The summed E-state index contributed by atoms with van der Waals surface area (Å²) in [7, 11) is -3.09. The van der Waals surface area contributed by atoms with E-state index in [0.29, 0.717) is 6.42 Å². The Balaban J connectivity index is 2.53. The van der Waals surface area contributed by atoms with E-state index in [0.717, 1.165) is 14.9 Å².